The molecule has 1 aromatic carbocycles. The Balaban J connectivity index is 2.23. The normalized spacial score (nSPS) is 10.0. The molecule has 1 heterocycles. The van der Waals surface area contributed by atoms with Gasteiger partial charge in [-0.05, 0) is 18.6 Å². The highest BCUT2D eigenvalue weighted by molar-refractivity contribution is 5.91. The van der Waals surface area contributed by atoms with Crippen LogP contribution in [0.25, 0.3) is 0 Å². The zero-order valence-electron chi connectivity index (χ0n) is 12.2. The number of esters is 1. The molecule has 1 N–H and O–H groups in total. The first-order chi connectivity index (χ1) is 10.7. The lowest BCUT2D eigenvalue weighted by molar-refractivity contribution is 0.0501. The molecule has 0 aliphatic rings. The smallest absolute Gasteiger partial charge is 0.338 e. The van der Waals surface area contributed by atoms with Crippen molar-refractivity contribution in [3.8, 4) is 18.2 Å². The molecule has 0 radical (unpaired) electrons. The second kappa shape index (κ2) is 7.18. The van der Waals surface area contributed by atoms with Crippen LogP contribution in [-0.4, -0.2) is 27.7 Å². The van der Waals surface area contributed by atoms with E-state index in [2.05, 4.69) is 11.0 Å². The Morgan fingerprint density at radius 1 is 1.45 bits per heavy atom. The molecule has 2 rings (SSSR count). The lowest BCUT2D eigenvalue weighted by Gasteiger charge is -2.11. The van der Waals surface area contributed by atoms with Gasteiger partial charge >= 0.3 is 5.97 Å². The number of nitrogens with zero attached hydrogens (tertiary/aromatic N) is 2. The number of rotatable bonds is 6. The van der Waals surface area contributed by atoms with Crippen molar-refractivity contribution < 1.29 is 19.5 Å². The number of benzene rings is 1. The van der Waals surface area contributed by atoms with Crippen molar-refractivity contribution in [1.29, 1.82) is 0 Å². The van der Waals surface area contributed by atoms with E-state index < -0.39 is 5.97 Å². The Morgan fingerprint density at radius 3 is 2.91 bits per heavy atom. The summed E-state index contributed by atoms with van der Waals surface area (Å²) in [6, 6.07) is 6.55. The van der Waals surface area contributed by atoms with E-state index in [0.717, 1.165) is 6.42 Å². The largest absolute Gasteiger partial charge is 0.472 e. The van der Waals surface area contributed by atoms with Gasteiger partial charge in [0.1, 0.15) is 6.61 Å². The van der Waals surface area contributed by atoms with E-state index in [9.17, 15) is 4.79 Å². The molecule has 0 spiro atoms. The molecule has 0 saturated carbocycles. The molecule has 0 saturated heterocycles. The molecule has 114 valence electrons. The molecule has 0 atom stereocenters. The van der Waals surface area contributed by atoms with Gasteiger partial charge in [-0.2, -0.15) is 0 Å². The molecule has 6 heteroatoms. The highest BCUT2D eigenvalue weighted by atomic mass is 16.5. The maximum absolute atomic E-state index is 12.1. The van der Waals surface area contributed by atoms with Gasteiger partial charge in [-0.15, -0.1) is 11.3 Å². The van der Waals surface area contributed by atoms with E-state index in [0.29, 0.717) is 28.1 Å². The summed E-state index contributed by atoms with van der Waals surface area (Å²) < 4.78 is 10.6. The van der Waals surface area contributed by atoms with Crippen LogP contribution in [0, 0.1) is 12.3 Å². The monoisotopic (exact) mass is 300 g/mol. The molecular weight excluding hydrogens is 284 g/mol. The van der Waals surface area contributed by atoms with Crippen molar-refractivity contribution in [3.05, 3.63) is 47.2 Å². The van der Waals surface area contributed by atoms with Gasteiger partial charge in [-0.1, -0.05) is 24.0 Å². The molecule has 0 aliphatic heterocycles. The average molecular weight is 300 g/mol. The van der Waals surface area contributed by atoms with Crippen LogP contribution in [0.4, 0.5) is 0 Å². The summed E-state index contributed by atoms with van der Waals surface area (Å²) in [5.41, 5.74) is 1.47. The number of ether oxygens (including phenoxy) is 2. The fourth-order valence-corrected chi connectivity index (χ4v) is 1.86. The van der Waals surface area contributed by atoms with E-state index in [1.165, 1.54) is 12.3 Å². The van der Waals surface area contributed by atoms with Gasteiger partial charge in [0.05, 0.1) is 18.4 Å². The van der Waals surface area contributed by atoms with Crippen molar-refractivity contribution >= 4 is 5.97 Å². The molecule has 0 fully saturated rings. The molecule has 22 heavy (non-hydrogen) atoms. The molecular formula is C16H16N2O4. The van der Waals surface area contributed by atoms with E-state index in [1.54, 1.807) is 18.2 Å². The predicted octanol–water partition coefficient (Wildman–Crippen LogP) is 2.25. The Labute approximate surface area is 128 Å². The Hall–Kier alpha value is -2.94. The van der Waals surface area contributed by atoms with Crippen molar-refractivity contribution in [1.82, 2.24) is 9.94 Å². The van der Waals surface area contributed by atoms with Crippen molar-refractivity contribution in [3.63, 3.8) is 0 Å². The van der Waals surface area contributed by atoms with Crippen molar-refractivity contribution in [2.45, 2.75) is 20.0 Å². The molecule has 6 nitrogen and oxygen atoms in total. The van der Waals surface area contributed by atoms with Crippen LogP contribution in [0.15, 0.2) is 30.5 Å². The predicted molar refractivity (Wildman–Crippen MR) is 78.7 cm³/mol. The summed E-state index contributed by atoms with van der Waals surface area (Å²) in [6.45, 7) is 2.31. The number of carbonyl (C=O) groups excluding carboxylic acids is 1. The topological polar surface area (TPSA) is 73.6 Å². The van der Waals surface area contributed by atoms with Gasteiger partial charge in [0.15, 0.2) is 0 Å². The van der Waals surface area contributed by atoms with Crippen LogP contribution < -0.4 is 4.74 Å². The third-order valence-electron chi connectivity index (χ3n) is 2.90. The quantitative estimate of drug-likeness (QED) is 0.503. The lowest BCUT2D eigenvalue weighted by Crippen LogP contribution is -2.12. The number of carbonyl (C=O) groups is 1. The molecule has 0 unspecified atom stereocenters. The molecule has 0 amide bonds. The molecule has 0 aliphatic carbocycles. The minimum absolute atomic E-state index is 0.0495. The molecule has 1 aromatic heterocycles. The van der Waals surface area contributed by atoms with Gasteiger partial charge in [0.2, 0.25) is 5.88 Å². The number of aromatic nitrogens is 2. The highest BCUT2D eigenvalue weighted by Gasteiger charge is 2.16. The number of hydrogen-bond donors (Lipinski definition) is 1. The van der Waals surface area contributed by atoms with Gasteiger partial charge in [-0.25, -0.2) is 4.79 Å². The zero-order chi connectivity index (χ0) is 15.9. The molecule has 0 bridgehead atoms. The van der Waals surface area contributed by atoms with E-state index in [4.69, 9.17) is 21.1 Å². The van der Waals surface area contributed by atoms with E-state index in [-0.39, 0.29) is 12.5 Å². The minimum Gasteiger partial charge on any atom is -0.472 e. The van der Waals surface area contributed by atoms with Gasteiger partial charge in [0, 0.05) is 17.2 Å². The van der Waals surface area contributed by atoms with Crippen molar-refractivity contribution in [2.24, 2.45) is 0 Å². The summed E-state index contributed by atoms with van der Waals surface area (Å²) >= 11 is 0. The van der Waals surface area contributed by atoms with E-state index in [1.807, 2.05) is 6.92 Å². The second-order valence-electron chi connectivity index (χ2n) is 4.47. The first kappa shape index (κ1) is 15.4. The zero-order valence-corrected chi connectivity index (χ0v) is 12.2. The summed E-state index contributed by atoms with van der Waals surface area (Å²) in [5.74, 6) is 2.31. The number of terminal acetylenes is 1. The van der Waals surface area contributed by atoms with Gasteiger partial charge < -0.3 is 14.7 Å². The summed E-state index contributed by atoms with van der Waals surface area (Å²) in [7, 11) is 0. The number of hydrogen-bond acceptors (Lipinski definition) is 5. The highest BCUT2D eigenvalue weighted by Crippen LogP contribution is 2.18. The molecule has 2 aromatic rings. The Kier molecular flexibility index (Phi) is 5.04. The van der Waals surface area contributed by atoms with Crippen molar-refractivity contribution in [2.75, 3.05) is 6.61 Å². The fraction of sp³-hybridized carbons (Fsp3) is 0.250. The Morgan fingerprint density at radius 2 is 2.27 bits per heavy atom. The van der Waals surface area contributed by atoms with Crippen LogP contribution in [0.1, 0.15) is 34.8 Å². The van der Waals surface area contributed by atoms with Crippen LogP contribution >= 0.6 is 0 Å². The maximum atomic E-state index is 12.1. The summed E-state index contributed by atoms with van der Waals surface area (Å²) in [6.07, 6.45) is 7.54. The van der Waals surface area contributed by atoms with Crippen LogP contribution in [-0.2, 0) is 11.3 Å². The fourth-order valence-electron chi connectivity index (χ4n) is 1.86. The minimum atomic E-state index is -0.440. The van der Waals surface area contributed by atoms with Gasteiger partial charge in [-0.3, -0.25) is 0 Å². The summed E-state index contributed by atoms with van der Waals surface area (Å²) in [4.78, 5) is 12.7. The third-order valence-corrected chi connectivity index (χ3v) is 2.90. The standard InChI is InChI=1S/C16H16N2O4/c1-3-10-21-16(19)13-7-5-6-12(4-2)14(13)11-22-15-8-9-18(20)17-15/h2,5-9,20H,3,10-11H2,1H3. The first-order valence-corrected chi connectivity index (χ1v) is 6.79. The van der Waals surface area contributed by atoms with Crippen LogP contribution in [0.2, 0.25) is 0 Å². The lowest BCUT2D eigenvalue weighted by atomic mass is 10.0. The van der Waals surface area contributed by atoms with Gasteiger partial charge in [0.25, 0.3) is 0 Å². The average Bonchev–Trinajstić information content (AvgIpc) is 2.95. The second-order valence-corrected chi connectivity index (χ2v) is 4.47. The SMILES string of the molecule is C#Cc1cccc(C(=O)OCCC)c1COc1ccn(O)n1. The summed E-state index contributed by atoms with van der Waals surface area (Å²) in [5, 5.41) is 12.8. The third kappa shape index (κ3) is 3.58. The first-order valence-electron chi connectivity index (χ1n) is 6.79. The van der Waals surface area contributed by atoms with E-state index >= 15 is 0 Å². The Bertz CT molecular complexity index is 700. The van der Waals surface area contributed by atoms with Crippen LogP contribution in [0.5, 0.6) is 5.88 Å². The van der Waals surface area contributed by atoms with Crippen LogP contribution in [0.3, 0.4) is 0 Å². The maximum Gasteiger partial charge on any atom is 0.338 e.